The Morgan fingerprint density at radius 3 is 1.78 bits per heavy atom. The molecule has 0 radical (unpaired) electrons. The third-order valence-corrected chi connectivity index (χ3v) is 3.18. The minimum Gasteiger partial charge on any atom is -0.456 e. The molecule has 0 aromatic rings. The molecule has 0 aromatic heterocycles. The molecule has 0 aliphatic heterocycles. The maximum atomic E-state index is 12.1. The summed E-state index contributed by atoms with van der Waals surface area (Å²) in [6.07, 6.45) is -9.63. The molecule has 0 saturated carbocycles. The van der Waals surface area contributed by atoms with Crippen LogP contribution in [0.1, 0.15) is 33.6 Å². The summed E-state index contributed by atoms with van der Waals surface area (Å²) in [5.74, 6) is -3.47. The molecule has 0 spiro atoms. The molecule has 0 aliphatic rings. The summed E-state index contributed by atoms with van der Waals surface area (Å²) in [5, 5.41) is 0. The first-order valence-electron chi connectivity index (χ1n) is 6.67. The lowest BCUT2D eigenvalue weighted by Crippen LogP contribution is -2.36. The topological polar surface area (TPSA) is 52.6 Å². The number of carbonyl (C=O) groups is 2. The summed E-state index contributed by atoms with van der Waals surface area (Å²) >= 11 is 0. The number of hydrogen-bond donors (Lipinski definition) is 0. The molecule has 0 bridgehead atoms. The summed E-state index contributed by atoms with van der Waals surface area (Å²) in [4.78, 5) is 23.2. The van der Waals surface area contributed by atoms with Crippen molar-refractivity contribution in [1.82, 2.24) is 0 Å². The molecule has 2 unspecified atom stereocenters. The fourth-order valence-corrected chi connectivity index (χ4v) is 1.75. The number of halogens is 6. The smallest absolute Gasteiger partial charge is 0.422 e. The van der Waals surface area contributed by atoms with Crippen molar-refractivity contribution in [2.75, 3.05) is 13.2 Å². The van der Waals surface area contributed by atoms with Crippen molar-refractivity contribution in [3.8, 4) is 0 Å². The summed E-state index contributed by atoms with van der Waals surface area (Å²) in [5.41, 5.74) is -1.44. The van der Waals surface area contributed by atoms with E-state index in [0.717, 1.165) is 0 Å². The van der Waals surface area contributed by atoms with Crippen LogP contribution < -0.4 is 0 Å². The van der Waals surface area contributed by atoms with E-state index in [1.807, 2.05) is 0 Å². The monoisotopic (exact) mass is 352 g/mol. The van der Waals surface area contributed by atoms with Gasteiger partial charge in [-0.1, -0.05) is 13.8 Å². The molecule has 0 N–H and O–H groups in total. The van der Waals surface area contributed by atoms with Crippen molar-refractivity contribution in [2.24, 2.45) is 11.3 Å². The molecule has 0 saturated heterocycles. The van der Waals surface area contributed by atoms with E-state index >= 15 is 0 Å². The lowest BCUT2D eigenvalue weighted by atomic mass is 9.79. The van der Waals surface area contributed by atoms with Crippen molar-refractivity contribution in [2.45, 2.75) is 46.0 Å². The molecule has 0 heterocycles. The number of ether oxygens (including phenoxy) is 2. The molecular weight excluding hydrogens is 334 g/mol. The van der Waals surface area contributed by atoms with Crippen molar-refractivity contribution in [3.05, 3.63) is 0 Å². The van der Waals surface area contributed by atoms with Crippen LogP contribution in [0.2, 0.25) is 0 Å². The molecule has 0 amide bonds. The normalized spacial score (nSPS) is 16.4. The quantitative estimate of drug-likeness (QED) is 0.519. The number of esters is 2. The third kappa shape index (κ3) is 8.65. The Morgan fingerprint density at radius 1 is 0.957 bits per heavy atom. The van der Waals surface area contributed by atoms with Crippen LogP contribution in [0.4, 0.5) is 26.3 Å². The molecule has 0 aromatic carbocycles. The molecule has 4 nitrogen and oxygen atoms in total. The SMILES string of the molecule is CCC(C)(CC(C)C(=O)OCC(F)(F)F)C(=O)OCC(F)(F)F. The van der Waals surface area contributed by atoms with Gasteiger partial charge in [-0.15, -0.1) is 0 Å². The fourth-order valence-electron chi connectivity index (χ4n) is 1.75. The predicted molar refractivity (Wildman–Crippen MR) is 66.2 cm³/mol. The molecule has 2 atom stereocenters. The van der Waals surface area contributed by atoms with Gasteiger partial charge in [0.25, 0.3) is 0 Å². The van der Waals surface area contributed by atoms with Gasteiger partial charge in [-0.05, 0) is 19.8 Å². The number of hydrogen-bond acceptors (Lipinski definition) is 4. The Morgan fingerprint density at radius 2 is 1.39 bits per heavy atom. The summed E-state index contributed by atoms with van der Waals surface area (Å²) in [7, 11) is 0. The molecule has 0 rings (SSSR count). The zero-order chi connectivity index (χ0) is 18.5. The Hall–Kier alpha value is -1.48. The molecule has 136 valence electrons. The van der Waals surface area contributed by atoms with Crippen LogP contribution in [0.15, 0.2) is 0 Å². The van der Waals surface area contributed by atoms with Crippen LogP contribution in [-0.4, -0.2) is 37.5 Å². The Bertz CT molecular complexity index is 418. The molecule has 0 fully saturated rings. The summed E-state index contributed by atoms with van der Waals surface area (Å²) in [6.45, 7) is 0.456. The Balaban J connectivity index is 4.70. The maximum absolute atomic E-state index is 12.1. The van der Waals surface area contributed by atoms with Gasteiger partial charge in [-0.2, -0.15) is 26.3 Å². The van der Waals surface area contributed by atoms with E-state index in [2.05, 4.69) is 9.47 Å². The average Bonchev–Trinajstić information content (AvgIpc) is 2.39. The molecule has 0 aliphatic carbocycles. The second-order valence-electron chi connectivity index (χ2n) is 5.43. The number of carbonyl (C=O) groups excluding carboxylic acids is 2. The van der Waals surface area contributed by atoms with Gasteiger partial charge in [-0.3, -0.25) is 9.59 Å². The molecule has 23 heavy (non-hydrogen) atoms. The molecule has 10 heteroatoms. The van der Waals surface area contributed by atoms with Gasteiger partial charge < -0.3 is 9.47 Å². The van der Waals surface area contributed by atoms with Gasteiger partial charge in [0, 0.05) is 0 Å². The minimum atomic E-state index is -4.69. The first-order valence-corrected chi connectivity index (χ1v) is 6.67. The van der Waals surface area contributed by atoms with Crippen LogP contribution in [0.3, 0.4) is 0 Å². The molecular formula is C13H18F6O4. The van der Waals surface area contributed by atoms with Crippen LogP contribution in [0, 0.1) is 11.3 Å². The zero-order valence-corrected chi connectivity index (χ0v) is 12.8. The van der Waals surface area contributed by atoms with E-state index in [0.29, 0.717) is 0 Å². The van der Waals surface area contributed by atoms with Gasteiger partial charge in [0.15, 0.2) is 13.2 Å². The predicted octanol–water partition coefficient (Wildman–Crippen LogP) is 3.64. The standard InChI is InChI=1S/C13H18F6O4/c1-4-11(3,10(21)23-7-13(17,18)19)5-8(2)9(20)22-6-12(14,15)16/h8H,4-7H2,1-3H3. The lowest BCUT2D eigenvalue weighted by molar-refractivity contribution is -0.196. The van der Waals surface area contributed by atoms with Gasteiger partial charge in [0.2, 0.25) is 0 Å². The second kappa shape index (κ2) is 7.87. The van der Waals surface area contributed by atoms with Gasteiger partial charge >= 0.3 is 24.3 Å². The third-order valence-electron chi connectivity index (χ3n) is 3.18. The van der Waals surface area contributed by atoms with E-state index < -0.39 is 48.8 Å². The van der Waals surface area contributed by atoms with Crippen LogP contribution >= 0.6 is 0 Å². The minimum absolute atomic E-state index is 0.0422. The van der Waals surface area contributed by atoms with Crippen molar-refractivity contribution < 1.29 is 45.4 Å². The lowest BCUT2D eigenvalue weighted by Gasteiger charge is -2.28. The van der Waals surface area contributed by atoms with Crippen molar-refractivity contribution in [3.63, 3.8) is 0 Å². The maximum Gasteiger partial charge on any atom is 0.422 e. The van der Waals surface area contributed by atoms with Gasteiger partial charge in [-0.25, -0.2) is 0 Å². The number of alkyl halides is 6. The number of rotatable bonds is 7. The van der Waals surface area contributed by atoms with E-state index in [9.17, 15) is 35.9 Å². The Labute approximate surface area is 129 Å². The highest BCUT2D eigenvalue weighted by atomic mass is 19.4. The van der Waals surface area contributed by atoms with Crippen LogP contribution in [-0.2, 0) is 19.1 Å². The van der Waals surface area contributed by atoms with Gasteiger partial charge in [0.1, 0.15) is 0 Å². The van der Waals surface area contributed by atoms with Crippen LogP contribution in [0.25, 0.3) is 0 Å². The first kappa shape index (κ1) is 21.5. The van der Waals surface area contributed by atoms with E-state index in [4.69, 9.17) is 0 Å². The van der Waals surface area contributed by atoms with E-state index in [1.165, 1.54) is 20.8 Å². The van der Waals surface area contributed by atoms with Crippen molar-refractivity contribution >= 4 is 11.9 Å². The highest BCUT2D eigenvalue weighted by Crippen LogP contribution is 2.33. The van der Waals surface area contributed by atoms with Gasteiger partial charge in [0.05, 0.1) is 11.3 Å². The van der Waals surface area contributed by atoms with Crippen molar-refractivity contribution in [1.29, 1.82) is 0 Å². The Kier molecular flexibility index (Phi) is 7.36. The summed E-state index contributed by atoms with van der Waals surface area (Å²) < 4.78 is 80.3. The first-order chi connectivity index (χ1) is 10.2. The highest BCUT2D eigenvalue weighted by molar-refractivity contribution is 5.78. The average molecular weight is 352 g/mol. The zero-order valence-electron chi connectivity index (χ0n) is 12.8. The summed E-state index contributed by atoms with van der Waals surface area (Å²) in [6, 6.07) is 0. The fraction of sp³-hybridized carbons (Fsp3) is 0.846. The second-order valence-corrected chi connectivity index (χ2v) is 5.43. The highest BCUT2D eigenvalue weighted by Gasteiger charge is 2.40. The largest absolute Gasteiger partial charge is 0.456 e. The van der Waals surface area contributed by atoms with Crippen LogP contribution in [0.5, 0.6) is 0 Å². The van der Waals surface area contributed by atoms with E-state index in [1.54, 1.807) is 0 Å². The van der Waals surface area contributed by atoms with E-state index in [-0.39, 0.29) is 12.8 Å².